The Morgan fingerprint density at radius 3 is 2.38 bits per heavy atom. The second-order valence-electron chi connectivity index (χ2n) is 8.85. The zero-order valence-electron chi connectivity index (χ0n) is 19.1. The van der Waals surface area contributed by atoms with E-state index in [0.717, 1.165) is 36.6 Å². The monoisotopic (exact) mass is 433 g/mol. The van der Waals surface area contributed by atoms with E-state index in [1.807, 2.05) is 6.07 Å². The van der Waals surface area contributed by atoms with Crippen LogP contribution in [0.15, 0.2) is 60.7 Å². The van der Waals surface area contributed by atoms with Gasteiger partial charge in [0, 0.05) is 18.5 Å². The molecule has 4 rings (SSSR count). The minimum atomic E-state index is -0.500. The number of ether oxygens (including phenoxy) is 2. The van der Waals surface area contributed by atoms with Crippen molar-refractivity contribution in [1.82, 2.24) is 4.90 Å². The number of nitrogens with zero attached hydrogens (tertiary/aromatic N) is 1. The van der Waals surface area contributed by atoms with Gasteiger partial charge in [-0.1, -0.05) is 55.3 Å². The van der Waals surface area contributed by atoms with E-state index in [1.54, 1.807) is 6.92 Å². The molecule has 0 saturated carbocycles. The first-order valence-electron chi connectivity index (χ1n) is 11.9. The highest BCUT2D eigenvalue weighted by atomic mass is 16.5. The van der Waals surface area contributed by atoms with Crippen LogP contribution >= 0.6 is 0 Å². The van der Waals surface area contributed by atoms with Gasteiger partial charge >= 0.3 is 0 Å². The largest absolute Gasteiger partial charge is 0.492 e. The first-order chi connectivity index (χ1) is 15.7. The second-order valence-corrected chi connectivity index (χ2v) is 8.85. The highest BCUT2D eigenvalue weighted by Crippen LogP contribution is 2.31. The van der Waals surface area contributed by atoms with Gasteiger partial charge in [-0.2, -0.15) is 0 Å². The van der Waals surface area contributed by atoms with Crippen LogP contribution < -0.4 is 9.47 Å². The van der Waals surface area contributed by atoms with Gasteiger partial charge in [-0.25, -0.2) is 0 Å². The normalized spacial score (nSPS) is 15.9. The maximum Gasteiger partial charge on any atom is 0.123 e. The third-order valence-electron chi connectivity index (χ3n) is 6.16. The topological polar surface area (TPSA) is 41.9 Å². The Morgan fingerprint density at radius 1 is 0.875 bits per heavy atom. The average molecular weight is 434 g/mol. The number of hydrogen-bond donors (Lipinski definition) is 1. The maximum absolute atomic E-state index is 9.66. The molecule has 1 heterocycles. The number of likely N-dealkylation sites (tertiary alicyclic amines) is 1. The lowest BCUT2D eigenvalue weighted by Crippen LogP contribution is -2.29. The summed E-state index contributed by atoms with van der Waals surface area (Å²) in [6.45, 7) is 6.17. The van der Waals surface area contributed by atoms with Crippen LogP contribution in [0.3, 0.4) is 0 Å². The summed E-state index contributed by atoms with van der Waals surface area (Å²) in [4.78, 5) is 2.52. The van der Waals surface area contributed by atoms with Crippen LogP contribution in [0.5, 0.6) is 11.5 Å². The molecule has 1 saturated heterocycles. The van der Waals surface area contributed by atoms with Crippen molar-refractivity contribution in [3.05, 3.63) is 71.8 Å². The molecular formula is C28H35NO3. The van der Waals surface area contributed by atoms with Crippen LogP contribution in [-0.2, 0) is 6.42 Å². The predicted molar refractivity (Wildman–Crippen MR) is 131 cm³/mol. The highest BCUT2D eigenvalue weighted by Gasteiger charge is 2.12. The van der Waals surface area contributed by atoms with E-state index >= 15 is 0 Å². The van der Waals surface area contributed by atoms with Gasteiger partial charge in [0.25, 0.3) is 0 Å². The van der Waals surface area contributed by atoms with Crippen molar-refractivity contribution in [3.8, 4) is 11.5 Å². The zero-order chi connectivity index (χ0) is 22.2. The molecule has 3 aromatic rings. The third kappa shape index (κ3) is 6.24. The minimum Gasteiger partial charge on any atom is -0.492 e. The molecule has 1 aliphatic heterocycles. The molecular weight excluding hydrogens is 398 g/mol. The molecule has 170 valence electrons. The summed E-state index contributed by atoms with van der Waals surface area (Å²) in [7, 11) is 0. The first kappa shape index (κ1) is 22.6. The molecule has 0 bridgehead atoms. The maximum atomic E-state index is 9.66. The lowest BCUT2D eigenvalue weighted by atomic mass is 9.97. The number of rotatable bonds is 9. The van der Waals surface area contributed by atoms with E-state index in [9.17, 15) is 5.11 Å². The summed E-state index contributed by atoms with van der Waals surface area (Å²) in [5.41, 5.74) is 2.36. The molecule has 0 aromatic heterocycles. The lowest BCUT2D eigenvalue weighted by molar-refractivity contribution is 0.122. The van der Waals surface area contributed by atoms with Crippen molar-refractivity contribution in [2.45, 2.75) is 45.1 Å². The molecule has 0 spiro atoms. The minimum absolute atomic E-state index is 0.287. The van der Waals surface area contributed by atoms with E-state index in [2.05, 4.69) is 59.5 Å². The molecule has 3 aromatic carbocycles. The van der Waals surface area contributed by atoms with Crippen molar-refractivity contribution in [1.29, 1.82) is 0 Å². The molecule has 0 radical (unpaired) electrons. The summed E-state index contributed by atoms with van der Waals surface area (Å²) in [5, 5.41) is 12.0. The molecule has 1 aliphatic rings. The Balaban J connectivity index is 1.41. The van der Waals surface area contributed by atoms with Gasteiger partial charge in [0.2, 0.25) is 0 Å². The molecule has 4 heteroatoms. The fraction of sp³-hybridized carbons (Fsp3) is 0.429. The summed E-state index contributed by atoms with van der Waals surface area (Å²) < 4.78 is 12.0. The molecule has 0 aliphatic carbocycles. The van der Waals surface area contributed by atoms with Gasteiger partial charge in [-0.15, -0.1) is 0 Å². The SMILES string of the molecule is CC(O)COc1ccc2ccccc2c1Cc1ccc(OCCN2CCCCCC2)cc1. The van der Waals surface area contributed by atoms with Gasteiger partial charge in [0.1, 0.15) is 24.7 Å². The van der Waals surface area contributed by atoms with Crippen LogP contribution in [0.2, 0.25) is 0 Å². The molecule has 1 fully saturated rings. The van der Waals surface area contributed by atoms with Crippen LogP contribution in [0.1, 0.15) is 43.7 Å². The van der Waals surface area contributed by atoms with Gasteiger partial charge in [-0.05, 0) is 67.4 Å². The van der Waals surface area contributed by atoms with E-state index in [-0.39, 0.29) is 6.61 Å². The number of benzene rings is 3. The molecule has 0 amide bonds. The number of aliphatic hydroxyl groups is 1. The third-order valence-corrected chi connectivity index (χ3v) is 6.16. The predicted octanol–water partition coefficient (Wildman–Crippen LogP) is 5.45. The average Bonchev–Trinajstić information content (AvgIpc) is 3.08. The quantitative estimate of drug-likeness (QED) is 0.488. The Labute approximate surface area is 191 Å². The molecule has 1 N–H and O–H groups in total. The molecule has 32 heavy (non-hydrogen) atoms. The Hall–Kier alpha value is -2.56. The highest BCUT2D eigenvalue weighted by molar-refractivity contribution is 5.88. The molecule has 1 unspecified atom stereocenters. The Kier molecular flexibility index (Phi) is 8.02. The fourth-order valence-corrected chi connectivity index (χ4v) is 4.40. The first-order valence-corrected chi connectivity index (χ1v) is 11.9. The van der Waals surface area contributed by atoms with Gasteiger partial charge in [0.15, 0.2) is 0 Å². The summed E-state index contributed by atoms with van der Waals surface area (Å²) in [5.74, 6) is 1.76. The zero-order valence-corrected chi connectivity index (χ0v) is 19.1. The summed E-state index contributed by atoms with van der Waals surface area (Å²) in [6.07, 6.45) is 5.62. The van der Waals surface area contributed by atoms with Crippen molar-refractivity contribution < 1.29 is 14.6 Å². The van der Waals surface area contributed by atoms with Crippen molar-refractivity contribution in [2.75, 3.05) is 32.8 Å². The Morgan fingerprint density at radius 2 is 1.62 bits per heavy atom. The lowest BCUT2D eigenvalue weighted by Gasteiger charge is -2.19. The second kappa shape index (κ2) is 11.3. The standard InChI is InChI=1S/C28H35NO3/c1-22(30)21-32-28-15-12-24-8-4-5-9-26(24)27(28)20-23-10-13-25(14-11-23)31-19-18-29-16-6-2-3-7-17-29/h4-5,8-15,22,30H,2-3,6-7,16-21H2,1H3. The van der Waals surface area contributed by atoms with Gasteiger partial charge in [0.05, 0.1) is 6.10 Å². The van der Waals surface area contributed by atoms with Crippen LogP contribution in [0, 0.1) is 0 Å². The van der Waals surface area contributed by atoms with E-state index < -0.39 is 6.10 Å². The Bertz CT molecular complexity index is 976. The van der Waals surface area contributed by atoms with Gasteiger partial charge < -0.3 is 14.6 Å². The van der Waals surface area contributed by atoms with E-state index in [4.69, 9.17) is 9.47 Å². The smallest absolute Gasteiger partial charge is 0.123 e. The van der Waals surface area contributed by atoms with E-state index in [1.165, 1.54) is 55.1 Å². The fourth-order valence-electron chi connectivity index (χ4n) is 4.40. The van der Waals surface area contributed by atoms with Crippen molar-refractivity contribution in [2.24, 2.45) is 0 Å². The van der Waals surface area contributed by atoms with Crippen LogP contribution in [0.25, 0.3) is 10.8 Å². The van der Waals surface area contributed by atoms with Crippen LogP contribution in [-0.4, -0.2) is 49.0 Å². The number of hydrogen-bond acceptors (Lipinski definition) is 4. The van der Waals surface area contributed by atoms with Crippen LogP contribution in [0.4, 0.5) is 0 Å². The van der Waals surface area contributed by atoms with Gasteiger partial charge in [-0.3, -0.25) is 4.90 Å². The summed E-state index contributed by atoms with van der Waals surface area (Å²) in [6, 6.07) is 20.9. The molecule has 4 nitrogen and oxygen atoms in total. The van der Waals surface area contributed by atoms with Crippen molar-refractivity contribution >= 4 is 10.8 Å². The molecule has 1 atom stereocenters. The van der Waals surface area contributed by atoms with Crippen molar-refractivity contribution in [3.63, 3.8) is 0 Å². The van der Waals surface area contributed by atoms with E-state index in [0.29, 0.717) is 0 Å². The number of aliphatic hydroxyl groups excluding tert-OH is 1. The summed E-state index contributed by atoms with van der Waals surface area (Å²) >= 11 is 0. The number of fused-ring (bicyclic) bond motifs is 1.